The fourth-order valence-electron chi connectivity index (χ4n) is 2.11. The first-order chi connectivity index (χ1) is 6.84. The van der Waals surface area contributed by atoms with E-state index in [9.17, 15) is 0 Å². The summed E-state index contributed by atoms with van der Waals surface area (Å²) in [6.07, 6.45) is 5.76. The molecule has 0 amide bonds. The highest BCUT2D eigenvalue weighted by atomic mass is 35.5. The summed E-state index contributed by atoms with van der Waals surface area (Å²) < 4.78 is 5.77. The monoisotopic (exact) mass is 251 g/mol. The lowest BCUT2D eigenvalue weighted by Gasteiger charge is -2.32. The van der Waals surface area contributed by atoms with Gasteiger partial charge in [0.2, 0.25) is 0 Å². The van der Waals surface area contributed by atoms with Gasteiger partial charge in [-0.3, -0.25) is 5.32 Å². The SMILES string of the molecule is CC1CNC(CC2CCCCS2)OC1.Cl. The highest BCUT2D eigenvalue weighted by Gasteiger charge is 2.23. The Morgan fingerprint density at radius 2 is 2.27 bits per heavy atom. The molecule has 0 spiro atoms. The summed E-state index contributed by atoms with van der Waals surface area (Å²) in [6.45, 7) is 4.30. The van der Waals surface area contributed by atoms with Gasteiger partial charge in [-0.05, 0) is 30.9 Å². The number of rotatable bonds is 2. The van der Waals surface area contributed by atoms with E-state index in [1.807, 2.05) is 0 Å². The Morgan fingerprint density at radius 1 is 1.40 bits per heavy atom. The van der Waals surface area contributed by atoms with E-state index in [1.54, 1.807) is 0 Å². The Labute approximate surface area is 103 Å². The lowest BCUT2D eigenvalue weighted by Crippen LogP contribution is -2.44. The molecule has 0 bridgehead atoms. The van der Waals surface area contributed by atoms with Gasteiger partial charge in [-0.25, -0.2) is 0 Å². The Balaban J connectivity index is 0.00000112. The average molecular weight is 252 g/mol. The van der Waals surface area contributed by atoms with Crippen molar-refractivity contribution in [1.29, 1.82) is 0 Å². The van der Waals surface area contributed by atoms with Gasteiger partial charge in [0.25, 0.3) is 0 Å². The van der Waals surface area contributed by atoms with Gasteiger partial charge in [0.05, 0.1) is 6.61 Å². The first-order valence-corrected chi connectivity index (χ1v) is 6.86. The van der Waals surface area contributed by atoms with Crippen LogP contribution in [0.3, 0.4) is 0 Å². The van der Waals surface area contributed by atoms with E-state index in [0.29, 0.717) is 12.1 Å². The third-order valence-corrected chi connectivity index (χ3v) is 4.45. The van der Waals surface area contributed by atoms with Crippen molar-refractivity contribution in [3.63, 3.8) is 0 Å². The van der Waals surface area contributed by atoms with Crippen molar-refractivity contribution in [3.8, 4) is 0 Å². The molecule has 90 valence electrons. The third kappa shape index (κ3) is 4.51. The summed E-state index contributed by atoms with van der Waals surface area (Å²) >= 11 is 2.14. The summed E-state index contributed by atoms with van der Waals surface area (Å²) in [5.41, 5.74) is 0. The van der Waals surface area contributed by atoms with Crippen LogP contribution >= 0.6 is 24.2 Å². The standard InChI is InChI=1S/C11H21NOS.ClH/c1-9-7-12-11(13-8-9)6-10-4-2-3-5-14-10;/h9-12H,2-8H2,1H3;1H. The van der Waals surface area contributed by atoms with Crippen LogP contribution in [0.1, 0.15) is 32.6 Å². The Kier molecular flexibility index (Phi) is 6.36. The zero-order chi connectivity index (χ0) is 9.80. The number of hydrogen-bond acceptors (Lipinski definition) is 3. The van der Waals surface area contributed by atoms with E-state index >= 15 is 0 Å². The highest BCUT2D eigenvalue weighted by Crippen LogP contribution is 2.29. The predicted octanol–water partition coefficient (Wildman–Crippen LogP) is 2.67. The van der Waals surface area contributed by atoms with Crippen LogP contribution < -0.4 is 5.32 Å². The van der Waals surface area contributed by atoms with Crippen LogP contribution in [0.4, 0.5) is 0 Å². The van der Waals surface area contributed by atoms with Crippen LogP contribution in [-0.4, -0.2) is 30.4 Å². The lowest BCUT2D eigenvalue weighted by atomic mass is 10.1. The minimum absolute atomic E-state index is 0. The van der Waals surface area contributed by atoms with Crippen LogP contribution in [0.2, 0.25) is 0 Å². The second-order valence-corrected chi connectivity index (χ2v) is 5.97. The maximum absolute atomic E-state index is 5.77. The van der Waals surface area contributed by atoms with Gasteiger partial charge >= 0.3 is 0 Å². The largest absolute Gasteiger partial charge is 0.363 e. The molecule has 2 aliphatic heterocycles. The fourth-order valence-corrected chi connectivity index (χ4v) is 3.46. The van der Waals surface area contributed by atoms with Gasteiger partial charge in [0, 0.05) is 11.8 Å². The quantitative estimate of drug-likeness (QED) is 0.816. The molecule has 2 fully saturated rings. The number of thioether (sulfide) groups is 1. The highest BCUT2D eigenvalue weighted by molar-refractivity contribution is 7.99. The minimum Gasteiger partial charge on any atom is -0.363 e. The molecule has 0 radical (unpaired) electrons. The van der Waals surface area contributed by atoms with Crippen LogP contribution in [0.25, 0.3) is 0 Å². The van der Waals surface area contributed by atoms with Crippen LogP contribution in [0.15, 0.2) is 0 Å². The van der Waals surface area contributed by atoms with Crippen molar-refractivity contribution in [2.24, 2.45) is 5.92 Å². The molecule has 0 aromatic heterocycles. The lowest BCUT2D eigenvalue weighted by molar-refractivity contribution is -0.0281. The molecule has 15 heavy (non-hydrogen) atoms. The molecular weight excluding hydrogens is 230 g/mol. The zero-order valence-corrected chi connectivity index (χ0v) is 11.0. The second kappa shape index (κ2) is 7.00. The summed E-state index contributed by atoms with van der Waals surface area (Å²) in [7, 11) is 0. The van der Waals surface area contributed by atoms with Crippen molar-refractivity contribution in [2.75, 3.05) is 18.9 Å². The van der Waals surface area contributed by atoms with E-state index in [0.717, 1.165) is 18.4 Å². The Hall–Kier alpha value is 0.560. The van der Waals surface area contributed by atoms with Crippen LogP contribution in [0, 0.1) is 5.92 Å². The number of ether oxygens (including phenoxy) is 1. The summed E-state index contributed by atoms with van der Waals surface area (Å²) in [5, 5.41) is 4.32. The van der Waals surface area contributed by atoms with Crippen molar-refractivity contribution in [1.82, 2.24) is 5.32 Å². The molecule has 4 heteroatoms. The smallest absolute Gasteiger partial charge is 0.109 e. The molecule has 1 N–H and O–H groups in total. The molecule has 3 unspecified atom stereocenters. The van der Waals surface area contributed by atoms with Gasteiger partial charge in [-0.15, -0.1) is 12.4 Å². The number of halogens is 1. The van der Waals surface area contributed by atoms with Crippen molar-refractivity contribution in [3.05, 3.63) is 0 Å². The molecule has 2 saturated heterocycles. The van der Waals surface area contributed by atoms with Gasteiger partial charge in [0.15, 0.2) is 0 Å². The van der Waals surface area contributed by atoms with E-state index < -0.39 is 0 Å². The van der Waals surface area contributed by atoms with Gasteiger partial charge in [-0.1, -0.05) is 13.3 Å². The van der Waals surface area contributed by atoms with E-state index in [-0.39, 0.29) is 12.4 Å². The zero-order valence-electron chi connectivity index (χ0n) is 9.41. The Bertz CT molecular complexity index is 168. The fraction of sp³-hybridized carbons (Fsp3) is 1.00. The van der Waals surface area contributed by atoms with Gasteiger partial charge in [0.1, 0.15) is 6.23 Å². The molecule has 0 aromatic rings. The molecule has 3 atom stereocenters. The molecule has 2 aliphatic rings. The first-order valence-electron chi connectivity index (χ1n) is 5.81. The number of nitrogens with one attached hydrogen (secondary N) is 1. The van der Waals surface area contributed by atoms with Crippen LogP contribution in [-0.2, 0) is 4.74 Å². The van der Waals surface area contributed by atoms with Crippen molar-refractivity contribution < 1.29 is 4.74 Å². The van der Waals surface area contributed by atoms with E-state index in [4.69, 9.17) is 4.74 Å². The molecule has 0 aromatic carbocycles. The second-order valence-electron chi connectivity index (χ2n) is 4.56. The van der Waals surface area contributed by atoms with Crippen LogP contribution in [0.5, 0.6) is 0 Å². The summed E-state index contributed by atoms with van der Waals surface area (Å²) in [5.74, 6) is 2.04. The molecule has 2 nitrogen and oxygen atoms in total. The normalized spacial score (nSPS) is 37.0. The van der Waals surface area contributed by atoms with Gasteiger partial charge in [-0.2, -0.15) is 11.8 Å². The number of hydrogen-bond donors (Lipinski definition) is 1. The summed E-state index contributed by atoms with van der Waals surface area (Å²) in [4.78, 5) is 0. The molecular formula is C11H22ClNOS. The summed E-state index contributed by atoms with van der Waals surface area (Å²) in [6, 6.07) is 0. The molecule has 0 saturated carbocycles. The van der Waals surface area contributed by atoms with E-state index in [2.05, 4.69) is 24.0 Å². The predicted molar refractivity (Wildman–Crippen MR) is 68.9 cm³/mol. The maximum atomic E-state index is 5.77. The van der Waals surface area contributed by atoms with E-state index in [1.165, 1.54) is 31.4 Å². The molecule has 2 heterocycles. The maximum Gasteiger partial charge on any atom is 0.109 e. The molecule has 2 rings (SSSR count). The van der Waals surface area contributed by atoms with Crippen molar-refractivity contribution >= 4 is 24.2 Å². The van der Waals surface area contributed by atoms with Crippen molar-refractivity contribution in [2.45, 2.75) is 44.1 Å². The Morgan fingerprint density at radius 3 is 2.87 bits per heavy atom. The topological polar surface area (TPSA) is 21.3 Å². The third-order valence-electron chi connectivity index (χ3n) is 3.03. The average Bonchev–Trinajstić information content (AvgIpc) is 2.23. The van der Waals surface area contributed by atoms with Gasteiger partial charge < -0.3 is 4.74 Å². The molecule has 0 aliphatic carbocycles. The minimum atomic E-state index is 0. The first kappa shape index (κ1) is 13.6.